The molecule has 1 aromatic carbocycles. The molecular weight excluding hydrogens is 364 g/mol. The molecule has 8 nitrogen and oxygen atoms in total. The van der Waals surface area contributed by atoms with Crippen LogP contribution in [0.2, 0.25) is 0 Å². The quantitative estimate of drug-likeness (QED) is 0.356. The van der Waals surface area contributed by atoms with Gasteiger partial charge in [-0.15, -0.1) is 0 Å². The predicted molar refractivity (Wildman–Crippen MR) is 103 cm³/mol. The molecule has 28 heavy (non-hydrogen) atoms. The lowest BCUT2D eigenvalue weighted by molar-refractivity contribution is -0.118. The predicted octanol–water partition coefficient (Wildman–Crippen LogP) is 1.38. The zero-order valence-electron chi connectivity index (χ0n) is 16.0. The molecule has 0 aromatic heterocycles. The lowest BCUT2D eigenvalue weighted by Gasteiger charge is -2.09. The first-order chi connectivity index (χ1) is 13.2. The molecular formula is C20H24N2O6. The van der Waals surface area contributed by atoms with Gasteiger partial charge in [-0.1, -0.05) is 19.2 Å². The Bertz CT molecular complexity index is 723. The van der Waals surface area contributed by atoms with E-state index in [2.05, 4.69) is 23.8 Å². The van der Waals surface area contributed by atoms with E-state index in [0.717, 1.165) is 0 Å². The van der Waals surface area contributed by atoms with Gasteiger partial charge in [-0.05, 0) is 32.0 Å². The van der Waals surface area contributed by atoms with E-state index >= 15 is 0 Å². The Morgan fingerprint density at radius 1 is 0.821 bits per heavy atom. The van der Waals surface area contributed by atoms with E-state index in [1.165, 1.54) is 24.3 Å². The molecule has 0 bridgehead atoms. The second kappa shape index (κ2) is 11.3. The van der Waals surface area contributed by atoms with Crippen molar-refractivity contribution in [3.05, 3.63) is 59.7 Å². The highest BCUT2D eigenvalue weighted by Crippen LogP contribution is 2.08. The number of benzene rings is 1. The van der Waals surface area contributed by atoms with Crippen LogP contribution in [0, 0.1) is 0 Å². The van der Waals surface area contributed by atoms with E-state index < -0.39 is 11.9 Å². The Labute approximate surface area is 163 Å². The third kappa shape index (κ3) is 7.86. The van der Waals surface area contributed by atoms with E-state index in [4.69, 9.17) is 9.47 Å². The number of rotatable bonds is 10. The summed E-state index contributed by atoms with van der Waals surface area (Å²) >= 11 is 0. The highest BCUT2D eigenvalue weighted by atomic mass is 16.5. The van der Waals surface area contributed by atoms with Crippen LogP contribution in [0.3, 0.4) is 0 Å². The number of hydrogen-bond donors (Lipinski definition) is 2. The molecule has 0 saturated heterocycles. The van der Waals surface area contributed by atoms with Crippen LogP contribution in [0.25, 0.3) is 0 Å². The highest BCUT2D eigenvalue weighted by molar-refractivity contribution is 5.95. The van der Waals surface area contributed by atoms with Crippen LogP contribution in [0.4, 0.5) is 0 Å². The normalized spacial score (nSPS) is 9.79. The Balaban J connectivity index is 2.47. The van der Waals surface area contributed by atoms with Gasteiger partial charge in [0, 0.05) is 11.1 Å². The number of esters is 2. The smallest absolute Gasteiger partial charge is 0.338 e. The molecule has 0 unspecified atom stereocenters. The minimum Gasteiger partial charge on any atom is -0.460 e. The summed E-state index contributed by atoms with van der Waals surface area (Å²) in [7, 11) is 0. The summed E-state index contributed by atoms with van der Waals surface area (Å²) in [5.41, 5.74) is 1.07. The van der Waals surface area contributed by atoms with Gasteiger partial charge in [0.15, 0.2) is 0 Å². The van der Waals surface area contributed by atoms with E-state index in [9.17, 15) is 19.2 Å². The van der Waals surface area contributed by atoms with Crippen LogP contribution in [-0.4, -0.2) is 50.1 Å². The molecule has 150 valence electrons. The van der Waals surface area contributed by atoms with Gasteiger partial charge in [0.25, 0.3) is 0 Å². The largest absolute Gasteiger partial charge is 0.460 e. The monoisotopic (exact) mass is 388 g/mol. The number of carbonyl (C=O) groups excluding carboxylic acids is 4. The van der Waals surface area contributed by atoms with Crippen LogP contribution in [0.15, 0.2) is 48.6 Å². The third-order valence-corrected chi connectivity index (χ3v) is 3.35. The van der Waals surface area contributed by atoms with Gasteiger partial charge in [0.05, 0.1) is 24.2 Å². The van der Waals surface area contributed by atoms with Crippen molar-refractivity contribution >= 4 is 23.8 Å². The van der Waals surface area contributed by atoms with Crippen molar-refractivity contribution in [3.8, 4) is 0 Å². The Hall–Kier alpha value is -3.42. The van der Waals surface area contributed by atoms with E-state index in [1.54, 1.807) is 13.8 Å². The molecule has 0 heterocycles. The zero-order valence-corrected chi connectivity index (χ0v) is 16.0. The molecule has 0 fully saturated rings. The van der Waals surface area contributed by atoms with Crippen molar-refractivity contribution in [3.63, 3.8) is 0 Å². The molecule has 1 rings (SSSR count). The number of hydrogen-bond acceptors (Lipinski definition) is 6. The van der Waals surface area contributed by atoms with E-state index in [0.29, 0.717) is 11.1 Å². The van der Waals surface area contributed by atoms with Gasteiger partial charge in [-0.2, -0.15) is 0 Å². The first kappa shape index (κ1) is 22.6. The molecule has 0 aliphatic carbocycles. The maximum Gasteiger partial charge on any atom is 0.338 e. The summed E-state index contributed by atoms with van der Waals surface area (Å²) in [5, 5.41) is 5.07. The highest BCUT2D eigenvalue weighted by Gasteiger charge is 2.13. The van der Waals surface area contributed by atoms with Crippen molar-refractivity contribution < 1.29 is 28.7 Å². The SMILES string of the molecule is C=C(C)C(=O)NCCOC(=O)c1cccc(C(=O)OCCNC(=O)C(=C)C)c1. The molecule has 0 radical (unpaired) electrons. The van der Waals surface area contributed by atoms with Crippen LogP contribution in [0.5, 0.6) is 0 Å². The van der Waals surface area contributed by atoms with Crippen molar-refractivity contribution in [1.82, 2.24) is 10.6 Å². The molecule has 2 N–H and O–H groups in total. The van der Waals surface area contributed by atoms with Gasteiger partial charge in [-0.25, -0.2) is 9.59 Å². The van der Waals surface area contributed by atoms with Gasteiger partial charge < -0.3 is 20.1 Å². The minimum absolute atomic E-state index is 0.0189. The Morgan fingerprint density at radius 3 is 1.57 bits per heavy atom. The fourth-order valence-electron chi connectivity index (χ4n) is 1.86. The molecule has 1 aromatic rings. The number of carbonyl (C=O) groups is 4. The van der Waals surface area contributed by atoms with E-state index in [1.807, 2.05) is 0 Å². The number of nitrogens with one attached hydrogen (secondary N) is 2. The summed E-state index contributed by atoms with van der Waals surface area (Å²) in [6, 6.07) is 5.87. The van der Waals surface area contributed by atoms with Gasteiger partial charge in [0.1, 0.15) is 13.2 Å². The zero-order chi connectivity index (χ0) is 21.1. The van der Waals surface area contributed by atoms with Crippen molar-refractivity contribution in [2.45, 2.75) is 13.8 Å². The standard InChI is InChI=1S/C20H24N2O6/c1-13(2)17(23)21-8-10-27-19(25)15-6-5-7-16(12-15)20(26)28-11-9-22-18(24)14(3)4/h5-7,12H,1,3,8-11H2,2,4H3,(H,21,23)(H,22,24). The average Bonchev–Trinajstić information content (AvgIpc) is 2.67. The van der Waals surface area contributed by atoms with Gasteiger partial charge >= 0.3 is 11.9 Å². The van der Waals surface area contributed by atoms with Gasteiger partial charge in [-0.3, -0.25) is 9.59 Å². The van der Waals surface area contributed by atoms with Crippen molar-refractivity contribution in [2.75, 3.05) is 26.3 Å². The lowest BCUT2D eigenvalue weighted by atomic mass is 10.1. The fourth-order valence-corrected chi connectivity index (χ4v) is 1.86. The first-order valence-electron chi connectivity index (χ1n) is 8.54. The summed E-state index contributed by atoms with van der Waals surface area (Å²) in [5.74, 6) is -1.90. The molecule has 2 amide bonds. The molecule has 0 aliphatic rings. The topological polar surface area (TPSA) is 111 Å². The minimum atomic E-state index is -0.632. The van der Waals surface area contributed by atoms with Crippen LogP contribution >= 0.6 is 0 Å². The lowest BCUT2D eigenvalue weighted by Crippen LogP contribution is -2.28. The second-order valence-electron chi connectivity index (χ2n) is 5.93. The fraction of sp³-hybridized carbons (Fsp3) is 0.300. The average molecular weight is 388 g/mol. The Kier molecular flexibility index (Phi) is 9.15. The van der Waals surface area contributed by atoms with Gasteiger partial charge in [0.2, 0.25) is 11.8 Å². The molecule has 0 saturated carbocycles. The molecule has 0 atom stereocenters. The summed E-state index contributed by atoms with van der Waals surface area (Å²) < 4.78 is 10.1. The van der Waals surface area contributed by atoms with Crippen LogP contribution in [0.1, 0.15) is 34.6 Å². The molecule has 0 spiro atoms. The Morgan fingerprint density at radius 2 is 1.21 bits per heavy atom. The van der Waals surface area contributed by atoms with Crippen molar-refractivity contribution in [1.29, 1.82) is 0 Å². The number of ether oxygens (including phenoxy) is 2. The van der Waals surface area contributed by atoms with Crippen molar-refractivity contribution in [2.24, 2.45) is 0 Å². The van der Waals surface area contributed by atoms with Crippen LogP contribution in [-0.2, 0) is 19.1 Å². The van der Waals surface area contributed by atoms with E-state index in [-0.39, 0.29) is 49.2 Å². The summed E-state index contributed by atoms with van der Waals surface area (Å²) in [6.07, 6.45) is 0. The molecule has 8 heteroatoms. The maximum atomic E-state index is 12.0. The number of amides is 2. The maximum absolute atomic E-state index is 12.0. The van der Waals surface area contributed by atoms with Crippen LogP contribution < -0.4 is 10.6 Å². The molecule has 0 aliphatic heterocycles. The first-order valence-corrected chi connectivity index (χ1v) is 8.54. The summed E-state index contributed by atoms with van der Waals surface area (Å²) in [6.45, 7) is 10.4. The second-order valence-corrected chi connectivity index (χ2v) is 5.93. The third-order valence-electron chi connectivity index (χ3n) is 3.35. The summed E-state index contributed by atoms with van der Waals surface area (Å²) in [4.78, 5) is 46.7.